The van der Waals surface area contributed by atoms with Crippen LogP contribution in [-0.4, -0.2) is 36.1 Å². The van der Waals surface area contributed by atoms with Crippen LogP contribution in [0.2, 0.25) is 0 Å². The molecule has 0 aliphatic carbocycles. The molecule has 1 aromatic heterocycles. The molecule has 1 atom stereocenters. The van der Waals surface area contributed by atoms with Crippen LogP contribution in [0, 0.1) is 11.3 Å². The van der Waals surface area contributed by atoms with Crippen molar-refractivity contribution < 1.29 is 0 Å². The molecule has 0 saturated carbocycles. The van der Waals surface area contributed by atoms with Gasteiger partial charge in [-0.05, 0) is 36.8 Å². The Morgan fingerprint density at radius 2 is 1.83 bits per heavy atom. The van der Waals surface area contributed by atoms with Gasteiger partial charge in [-0.2, -0.15) is 5.26 Å². The maximum atomic E-state index is 8.74. The highest BCUT2D eigenvalue weighted by Crippen LogP contribution is 2.22. The molecule has 0 radical (unpaired) electrons. The first-order valence-corrected chi connectivity index (χ1v) is 8.14. The van der Waals surface area contributed by atoms with Crippen molar-refractivity contribution in [2.75, 3.05) is 31.1 Å². The van der Waals surface area contributed by atoms with Gasteiger partial charge in [-0.3, -0.25) is 9.88 Å². The molecule has 2 aromatic rings. The predicted octanol–water partition coefficient (Wildman–Crippen LogP) is 3.03. The van der Waals surface area contributed by atoms with Crippen LogP contribution in [0.1, 0.15) is 24.2 Å². The van der Waals surface area contributed by atoms with Crippen LogP contribution in [-0.2, 0) is 6.42 Å². The van der Waals surface area contributed by atoms with Crippen LogP contribution in [0.15, 0.2) is 48.7 Å². The van der Waals surface area contributed by atoms with Gasteiger partial charge >= 0.3 is 0 Å². The molecule has 3 rings (SSSR count). The summed E-state index contributed by atoms with van der Waals surface area (Å²) in [6.45, 7) is 6.35. The van der Waals surface area contributed by atoms with Gasteiger partial charge in [0.05, 0.1) is 18.2 Å². The second-order valence-corrected chi connectivity index (χ2v) is 5.95. The minimum Gasteiger partial charge on any atom is -0.369 e. The van der Waals surface area contributed by atoms with Crippen LogP contribution in [0.4, 0.5) is 5.69 Å². The molecule has 1 aliphatic rings. The van der Waals surface area contributed by atoms with E-state index in [2.05, 4.69) is 64.2 Å². The van der Waals surface area contributed by atoms with Gasteiger partial charge in [0, 0.05) is 44.1 Å². The molecule has 0 bridgehead atoms. The number of nitriles is 1. The third kappa shape index (κ3) is 3.69. The molecule has 0 spiro atoms. The molecule has 23 heavy (non-hydrogen) atoms. The maximum Gasteiger partial charge on any atom is 0.0669 e. The lowest BCUT2D eigenvalue weighted by molar-refractivity contribution is 0.195. The highest BCUT2D eigenvalue weighted by atomic mass is 15.3. The summed E-state index contributed by atoms with van der Waals surface area (Å²) in [6.07, 6.45) is 2.35. The van der Waals surface area contributed by atoms with Gasteiger partial charge in [0.25, 0.3) is 0 Å². The van der Waals surface area contributed by atoms with E-state index in [1.807, 2.05) is 12.3 Å². The normalized spacial score (nSPS) is 16.8. The van der Waals surface area contributed by atoms with E-state index in [1.54, 1.807) is 0 Å². The molecule has 4 heteroatoms. The lowest BCUT2D eigenvalue weighted by atomic mass is 10.1. The van der Waals surface area contributed by atoms with Crippen molar-refractivity contribution in [3.63, 3.8) is 0 Å². The summed E-state index contributed by atoms with van der Waals surface area (Å²) in [7, 11) is 0. The number of piperazine rings is 1. The number of hydrogen-bond donors (Lipinski definition) is 0. The Kier molecular flexibility index (Phi) is 4.89. The molecule has 0 amide bonds. The van der Waals surface area contributed by atoms with Crippen molar-refractivity contribution in [1.29, 1.82) is 5.26 Å². The Balaban J connectivity index is 1.59. The van der Waals surface area contributed by atoms with E-state index in [9.17, 15) is 0 Å². The SMILES string of the molecule is CC(c1ccccn1)N1CCN(c2ccc(CC#N)cc2)CC1. The highest BCUT2D eigenvalue weighted by Gasteiger charge is 2.22. The van der Waals surface area contributed by atoms with Crippen molar-refractivity contribution in [2.24, 2.45) is 0 Å². The van der Waals surface area contributed by atoms with Gasteiger partial charge in [0.2, 0.25) is 0 Å². The average molecular weight is 306 g/mol. The van der Waals surface area contributed by atoms with Gasteiger partial charge in [-0.15, -0.1) is 0 Å². The fourth-order valence-corrected chi connectivity index (χ4v) is 3.09. The Hall–Kier alpha value is -2.38. The summed E-state index contributed by atoms with van der Waals surface area (Å²) in [5.41, 5.74) is 3.47. The van der Waals surface area contributed by atoms with Gasteiger partial charge in [0.1, 0.15) is 0 Å². The minimum absolute atomic E-state index is 0.358. The first-order valence-electron chi connectivity index (χ1n) is 8.14. The van der Waals surface area contributed by atoms with Crippen molar-refractivity contribution in [1.82, 2.24) is 9.88 Å². The molecular weight excluding hydrogens is 284 g/mol. The van der Waals surface area contributed by atoms with Crippen LogP contribution in [0.3, 0.4) is 0 Å². The quantitative estimate of drug-likeness (QED) is 0.871. The summed E-state index contributed by atoms with van der Waals surface area (Å²) < 4.78 is 0. The van der Waals surface area contributed by atoms with Gasteiger partial charge < -0.3 is 4.90 Å². The van der Waals surface area contributed by atoms with Gasteiger partial charge in [-0.25, -0.2) is 0 Å². The van der Waals surface area contributed by atoms with E-state index in [-0.39, 0.29) is 0 Å². The Morgan fingerprint density at radius 1 is 1.09 bits per heavy atom. The molecule has 1 unspecified atom stereocenters. The summed E-state index contributed by atoms with van der Waals surface area (Å²) in [4.78, 5) is 9.38. The molecule has 2 heterocycles. The van der Waals surface area contributed by atoms with Gasteiger partial charge in [-0.1, -0.05) is 18.2 Å². The fraction of sp³-hybridized carbons (Fsp3) is 0.368. The second-order valence-electron chi connectivity index (χ2n) is 5.95. The minimum atomic E-state index is 0.358. The van der Waals surface area contributed by atoms with Crippen molar-refractivity contribution in [3.05, 3.63) is 59.9 Å². The zero-order valence-corrected chi connectivity index (χ0v) is 13.5. The predicted molar refractivity (Wildman–Crippen MR) is 92.2 cm³/mol. The number of rotatable bonds is 4. The molecule has 1 fully saturated rings. The van der Waals surface area contributed by atoms with Crippen LogP contribution < -0.4 is 4.90 Å². The first-order chi connectivity index (χ1) is 11.3. The topological polar surface area (TPSA) is 43.2 Å². The van der Waals surface area contributed by atoms with E-state index in [4.69, 9.17) is 5.26 Å². The third-order valence-electron chi connectivity index (χ3n) is 4.56. The zero-order valence-electron chi connectivity index (χ0n) is 13.5. The van der Waals surface area contributed by atoms with E-state index in [0.29, 0.717) is 12.5 Å². The molecule has 0 N–H and O–H groups in total. The number of nitrogens with zero attached hydrogens (tertiary/aromatic N) is 4. The summed E-state index contributed by atoms with van der Waals surface area (Å²) in [5, 5.41) is 8.74. The number of hydrogen-bond acceptors (Lipinski definition) is 4. The summed E-state index contributed by atoms with van der Waals surface area (Å²) in [5.74, 6) is 0. The van der Waals surface area contributed by atoms with Crippen LogP contribution in [0.25, 0.3) is 0 Å². The molecule has 1 aromatic carbocycles. The molecular formula is C19H22N4. The van der Waals surface area contributed by atoms with E-state index < -0.39 is 0 Å². The Morgan fingerprint density at radius 3 is 2.43 bits per heavy atom. The van der Waals surface area contributed by atoms with Crippen LogP contribution >= 0.6 is 0 Å². The number of benzene rings is 1. The zero-order chi connectivity index (χ0) is 16.1. The fourth-order valence-electron chi connectivity index (χ4n) is 3.09. The lowest BCUT2D eigenvalue weighted by Gasteiger charge is -2.39. The second kappa shape index (κ2) is 7.26. The van der Waals surface area contributed by atoms with Crippen LogP contribution in [0.5, 0.6) is 0 Å². The molecule has 1 aliphatic heterocycles. The average Bonchev–Trinajstić information content (AvgIpc) is 2.63. The standard InChI is InChI=1S/C19H22N4/c1-16(19-4-2-3-11-21-19)22-12-14-23(15-13-22)18-7-5-17(6-8-18)9-10-20/h2-8,11,16H,9,12-15H2,1H3. The highest BCUT2D eigenvalue weighted by molar-refractivity contribution is 5.48. The Labute approximate surface area is 138 Å². The first kappa shape index (κ1) is 15.5. The molecule has 118 valence electrons. The smallest absolute Gasteiger partial charge is 0.0669 e. The van der Waals surface area contributed by atoms with Crippen molar-refractivity contribution >= 4 is 5.69 Å². The monoisotopic (exact) mass is 306 g/mol. The Bertz CT molecular complexity index is 652. The van der Waals surface area contributed by atoms with Gasteiger partial charge in [0.15, 0.2) is 0 Å². The van der Waals surface area contributed by atoms with E-state index in [0.717, 1.165) is 37.4 Å². The third-order valence-corrected chi connectivity index (χ3v) is 4.56. The number of pyridine rings is 1. The largest absolute Gasteiger partial charge is 0.369 e. The van der Waals surface area contributed by atoms with E-state index in [1.165, 1.54) is 5.69 Å². The number of anilines is 1. The summed E-state index contributed by atoms with van der Waals surface area (Å²) >= 11 is 0. The van der Waals surface area contributed by atoms with Crippen molar-refractivity contribution in [3.8, 4) is 6.07 Å². The summed E-state index contributed by atoms with van der Waals surface area (Å²) in [6, 6.07) is 17.0. The maximum absolute atomic E-state index is 8.74. The molecule has 4 nitrogen and oxygen atoms in total. The lowest BCUT2D eigenvalue weighted by Crippen LogP contribution is -2.47. The van der Waals surface area contributed by atoms with E-state index >= 15 is 0 Å². The number of aromatic nitrogens is 1. The molecule has 1 saturated heterocycles. The van der Waals surface area contributed by atoms with Crippen molar-refractivity contribution in [2.45, 2.75) is 19.4 Å².